The zero-order valence-corrected chi connectivity index (χ0v) is 29.3. The van der Waals surface area contributed by atoms with E-state index in [1.165, 1.54) is 22.3 Å². The second-order valence-corrected chi connectivity index (χ2v) is 15.6. The highest BCUT2D eigenvalue weighted by atomic mass is 14.8. The van der Waals surface area contributed by atoms with E-state index in [4.69, 9.17) is 19.9 Å². The maximum atomic E-state index is 5.50. The molecule has 0 atom stereocenters. The topological polar surface area (TPSA) is 51.6 Å². The molecule has 0 saturated heterocycles. The van der Waals surface area contributed by atoms with Gasteiger partial charge in [0.05, 0.1) is 22.8 Å². The van der Waals surface area contributed by atoms with Crippen molar-refractivity contribution >= 4 is 0 Å². The lowest BCUT2D eigenvalue weighted by atomic mass is 9.56. The monoisotopic (exact) mass is 644 g/mol. The number of fused-ring (bicyclic) bond motifs is 2. The summed E-state index contributed by atoms with van der Waals surface area (Å²) in [4.78, 5) is 20.7. The van der Waals surface area contributed by atoms with E-state index in [0.717, 1.165) is 45.3 Å². The van der Waals surface area contributed by atoms with Gasteiger partial charge in [-0.15, -0.1) is 0 Å². The lowest BCUT2D eigenvalue weighted by Gasteiger charge is -2.46. The molecule has 4 nitrogen and oxygen atoms in total. The van der Waals surface area contributed by atoms with Gasteiger partial charge in [0.1, 0.15) is 5.41 Å². The summed E-state index contributed by atoms with van der Waals surface area (Å²) in [5.74, 6) is 0. The predicted molar refractivity (Wildman–Crippen MR) is 203 cm³/mol. The number of benzene rings is 2. The highest BCUT2D eigenvalue weighted by Gasteiger charge is 2.50. The quantitative estimate of drug-likeness (QED) is 0.192. The van der Waals surface area contributed by atoms with Gasteiger partial charge in [-0.2, -0.15) is 0 Å². The van der Waals surface area contributed by atoms with E-state index in [9.17, 15) is 0 Å². The van der Waals surface area contributed by atoms with Crippen LogP contribution in [0.5, 0.6) is 0 Å². The molecule has 0 spiro atoms. The number of hydrogen-bond donors (Lipinski definition) is 0. The van der Waals surface area contributed by atoms with E-state index >= 15 is 0 Å². The molecule has 2 aromatic carbocycles. The van der Waals surface area contributed by atoms with Gasteiger partial charge in [-0.3, -0.25) is 19.9 Å². The second kappa shape index (κ2) is 12.2. The molecular formula is C45H48N4. The molecule has 4 aromatic heterocycles. The summed E-state index contributed by atoms with van der Waals surface area (Å²) in [6.07, 6.45) is 3.91. The van der Waals surface area contributed by atoms with Crippen LogP contribution in [0.3, 0.4) is 0 Å². The molecule has 0 aliphatic heterocycles. The van der Waals surface area contributed by atoms with E-state index in [1.54, 1.807) is 0 Å². The maximum Gasteiger partial charge on any atom is 0.105 e. The minimum atomic E-state index is -0.772. The fraction of sp³-hybridized carbons (Fsp3) is 0.289. The number of rotatable bonds is 4. The van der Waals surface area contributed by atoms with E-state index < -0.39 is 5.41 Å². The maximum absolute atomic E-state index is 5.50. The van der Waals surface area contributed by atoms with Crippen LogP contribution in [0.2, 0.25) is 0 Å². The molecule has 49 heavy (non-hydrogen) atoms. The normalized spacial score (nSPS) is 14.7. The molecule has 0 N–H and O–H groups in total. The SMILES string of the molecule is C.CC(C)(C)c1ccc(-c2cccc(C3(c4cccc(-c5ccc(C(C)(C)C)nc5)n4)c4ccccc4C(C)(C)c4ccccc43)n2)cn1. The Labute approximate surface area is 292 Å². The van der Waals surface area contributed by atoms with Crippen LogP contribution in [-0.4, -0.2) is 19.9 Å². The number of aromatic nitrogens is 4. The minimum absolute atomic E-state index is 0. The number of pyridine rings is 4. The molecule has 1 aliphatic carbocycles. The summed E-state index contributed by atoms with van der Waals surface area (Å²) in [7, 11) is 0. The number of hydrogen-bond acceptors (Lipinski definition) is 4. The van der Waals surface area contributed by atoms with Crippen molar-refractivity contribution < 1.29 is 0 Å². The van der Waals surface area contributed by atoms with Gasteiger partial charge in [0.15, 0.2) is 0 Å². The van der Waals surface area contributed by atoms with Crippen molar-refractivity contribution in [3.8, 4) is 22.5 Å². The zero-order chi connectivity index (χ0) is 33.9. The van der Waals surface area contributed by atoms with Gasteiger partial charge in [-0.1, -0.05) is 123 Å². The van der Waals surface area contributed by atoms with Gasteiger partial charge in [-0.05, 0) is 70.8 Å². The number of nitrogens with zero attached hydrogens (tertiary/aromatic N) is 4. The smallest absolute Gasteiger partial charge is 0.105 e. The Hall–Kier alpha value is -4.96. The van der Waals surface area contributed by atoms with Crippen LogP contribution in [0, 0.1) is 0 Å². The average Bonchev–Trinajstić information content (AvgIpc) is 3.08. The average molecular weight is 645 g/mol. The Balaban J connectivity index is 0.00000417. The van der Waals surface area contributed by atoms with Crippen LogP contribution in [0.4, 0.5) is 0 Å². The highest BCUT2D eigenvalue weighted by Crippen LogP contribution is 2.55. The van der Waals surface area contributed by atoms with E-state index in [-0.39, 0.29) is 23.7 Å². The second-order valence-electron chi connectivity index (χ2n) is 15.6. The van der Waals surface area contributed by atoms with Crippen molar-refractivity contribution in [3.63, 3.8) is 0 Å². The van der Waals surface area contributed by atoms with Crippen LogP contribution >= 0.6 is 0 Å². The highest BCUT2D eigenvalue weighted by molar-refractivity contribution is 5.70. The van der Waals surface area contributed by atoms with Crippen molar-refractivity contribution in [2.24, 2.45) is 0 Å². The summed E-state index contributed by atoms with van der Waals surface area (Å²) in [6.45, 7) is 17.8. The first-order chi connectivity index (χ1) is 22.8. The van der Waals surface area contributed by atoms with Crippen molar-refractivity contribution in [1.29, 1.82) is 0 Å². The standard InChI is InChI=1S/C44H44N4.CH4/c1-41(2,3)37-25-23-29(27-45-37)35-19-13-21-39(47-35)44(33-17-11-9-15-31(33)43(7,8)32-16-10-12-18-34(32)44)40-22-14-20-36(48-40)30-24-26-38(46-28-30)42(4,5)6;/h9-28H,1-8H3;1H4. The summed E-state index contributed by atoms with van der Waals surface area (Å²) in [5, 5.41) is 0. The Morgan fingerprint density at radius 3 is 1.18 bits per heavy atom. The summed E-state index contributed by atoms with van der Waals surface area (Å²) < 4.78 is 0. The molecule has 0 unspecified atom stereocenters. The molecule has 0 radical (unpaired) electrons. The van der Waals surface area contributed by atoms with E-state index in [0.29, 0.717) is 0 Å². The zero-order valence-electron chi connectivity index (χ0n) is 29.3. The van der Waals surface area contributed by atoms with Crippen LogP contribution < -0.4 is 0 Å². The molecule has 4 heterocycles. The van der Waals surface area contributed by atoms with Gasteiger partial charge in [0, 0.05) is 51.2 Å². The molecule has 6 aromatic rings. The molecule has 4 heteroatoms. The Kier molecular flexibility index (Phi) is 8.43. The molecule has 248 valence electrons. The summed E-state index contributed by atoms with van der Waals surface area (Å²) >= 11 is 0. The van der Waals surface area contributed by atoms with Crippen LogP contribution in [0.25, 0.3) is 22.5 Å². The van der Waals surface area contributed by atoms with E-state index in [2.05, 4.69) is 165 Å². The van der Waals surface area contributed by atoms with Gasteiger partial charge in [0.2, 0.25) is 0 Å². The molecule has 7 rings (SSSR count). The molecule has 0 saturated carbocycles. The van der Waals surface area contributed by atoms with Gasteiger partial charge < -0.3 is 0 Å². The van der Waals surface area contributed by atoms with E-state index in [1.807, 2.05) is 12.4 Å². The fourth-order valence-electron chi connectivity index (χ4n) is 7.27. The predicted octanol–water partition coefficient (Wildman–Crippen LogP) is 10.9. The lowest BCUT2D eigenvalue weighted by molar-refractivity contribution is 0.545. The first-order valence-corrected chi connectivity index (χ1v) is 16.9. The Morgan fingerprint density at radius 2 is 0.837 bits per heavy atom. The largest absolute Gasteiger partial charge is 0.260 e. The molecular weight excluding hydrogens is 597 g/mol. The van der Waals surface area contributed by atoms with Crippen molar-refractivity contribution in [3.05, 3.63) is 167 Å². The Morgan fingerprint density at radius 1 is 0.449 bits per heavy atom. The van der Waals surface area contributed by atoms with Crippen molar-refractivity contribution in [2.45, 2.75) is 84.5 Å². The van der Waals surface area contributed by atoms with Crippen molar-refractivity contribution in [1.82, 2.24) is 19.9 Å². The molecule has 1 aliphatic rings. The molecule has 0 amide bonds. The van der Waals surface area contributed by atoms with Crippen LogP contribution in [0.15, 0.2) is 122 Å². The molecule has 0 fully saturated rings. The van der Waals surface area contributed by atoms with Crippen molar-refractivity contribution in [2.75, 3.05) is 0 Å². The van der Waals surface area contributed by atoms with Crippen LogP contribution in [0.1, 0.15) is 108 Å². The lowest BCUT2D eigenvalue weighted by Crippen LogP contribution is -2.43. The summed E-state index contributed by atoms with van der Waals surface area (Å²) in [6, 6.07) is 39.0. The van der Waals surface area contributed by atoms with Crippen LogP contribution in [-0.2, 0) is 21.7 Å². The fourth-order valence-corrected chi connectivity index (χ4v) is 7.27. The van der Waals surface area contributed by atoms with Gasteiger partial charge >= 0.3 is 0 Å². The first kappa shape index (κ1) is 33.9. The molecule has 0 bridgehead atoms. The first-order valence-electron chi connectivity index (χ1n) is 16.9. The van der Waals surface area contributed by atoms with Gasteiger partial charge in [-0.25, -0.2) is 0 Å². The third kappa shape index (κ3) is 5.67. The van der Waals surface area contributed by atoms with Gasteiger partial charge in [0.25, 0.3) is 0 Å². The minimum Gasteiger partial charge on any atom is -0.260 e. The third-order valence-corrected chi connectivity index (χ3v) is 9.93. The summed E-state index contributed by atoms with van der Waals surface area (Å²) in [5.41, 5.74) is 11.6. The third-order valence-electron chi connectivity index (χ3n) is 9.93. The Bertz CT molecular complexity index is 1960.